The number of nitrogens with one attached hydrogen (secondary N) is 2. The number of ether oxygens (including phenoxy) is 2. The summed E-state index contributed by atoms with van der Waals surface area (Å²) in [7, 11) is 1.97. The van der Waals surface area contributed by atoms with Gasteiger partial charge < -0.3 is 20.1 Å². The van der Waals surface area contributed by atoms with Gasteiger partial charge in [-0.05, 0) is 45.1 Å². The zero-order valence-corrected chi connectivity index (χ0v) is 17.1. The Morgan fingerprint density at radius 3 is 2.35 bits per heavy atom. The van der Waals surface area contributed by atoms with Crippen LogP contribution >= 0.6 is 24.8 Å². The molecule has 0 aliphatic rings. The SMILES string of the molecule is CCOc1cccc(CNCCCNC)c1OCc1ccccc1.Cl.Cl. The van der Waals surface area contributed by atoms with E-state index in [1.807, 2.05) is 44.3 Å². The third-order valence-corrected chi connectivity index (χ3v) is 3.68. The Bertz CT molecular complexity index is 598. The van der Waals surface area contributed by atoms with E-state index in [0.717, 1.165) is 48.7 Å². The second-order valence-corrected chi connectivity index (χ2v) is 5.59. The van der Waals surface area contributed by atoms with Crippen LogP contribution in [0.5, 0.6) is 11.5 Å². The molecule has 2 aromatic rings. The first-order valence-corrected chi connectivity index (χ1v) is 8.62. The molecule has 0 atom stereocenters. The van der Waals surface area contributed by atoms with Crippen molar-refractivity contribution in [2.75, 3.05) is 26.7 Å². The van der Waals surface area contributed by atoms with Gasteiger partial charge in [-0.2, -0.15) is 0 Å². The van der Waals surface area contributed by atoms with E-state index in [-0.39, 0.29) is 24.8 Å². The van der Waals surface area contributed by atoms with Crippen molar-refractivity contribution in [2.45, 2.75) is 26.5 Å². The van der Waals surface area contributed by atoms with Gasteiger partial charge in [-0.3, -0.25) is 0 Å². The van der Waals surface area contributed by atoms with E-state index in [0.29, 0.717) is 13.2 Å². The molecule has 2 rings (SSSR count). The zero-order valence-electron chi connectivity index (χ0n) is 15.5. The number of hydrogen-bond acceptors (Lipinski definition) is 4. The summed E-state index contributed by atoms with van der Waals surface area (Å²) in [6, 6.07) is 16.3. The highest BCUT2D eigenvalue weighted by Gasteiger charge is 2.11. The Kier molecular flexibility index (Phi) is 13.9. The molecule has 0 heterocycles. The lowest BCUT2D eigenvalue weighted by Gasteiger charge is -2.16. The molecule has 0 aliphatic carbocycles. The van der Waals surface area contributed by atoms with E-state index in [1.165, 1.54) is 0 Å². The van der Waals surface area contributed by atoms with Crippen LogP contribution in [0.2, 0.25) is 0 Å². The molecule has 26 heavy (non-hydrogen) atoms. The van der Waals surface area contributed by atoms with Crippen molar-refractivity contribution in [3.63, 3.8) is 0 Å². The van der Waals surface area contributed by atoms with Gasteiger partial charge in [0.2, 0.25) is 0 Å². The molecule has 0 saturated carbocycles. The van der Waals surface area contributed by atoms with Gasteiger partial charge in [0, 0.05) is 12.1 Å². The van der Waals surface area contributed by atoms with Crippen molar-refractivity contribution in [3.8, 4) is 11.5 Å². The van der Waals surface area contributed by atoms with E-state index < -0.39 is 0 Å². The average molecular weight is 401 g/mol. The maximum absolute atomic E-state index is 6.11. The maximum Gasteiger partial charge on any atom is 0.166 e. The number of halogens is 2. The highest BCUT2D eigenvalue weighted by Crippen LogP contribution is 2.32. The fourth-order valence-corrected chi connectivity index (χ4v) is 2.48. The summed E-state index contributed by atoms with van der Waals surface area (Å²) >= 11 is 0. The zero-order chi connectivity index (χ0) is 17.0. The average Bonchev–Trinajstić information content (AvgIpc) is 2.62. The Balaban J connectivity index is 0.00000312. The van der Waals surface area contributed by atoms with Crippen LogP contribution in [0, 0.1) is 0 Å². The minimum absolute atomic E-state index is 0. The first-order chi connectivity index (χ1) is 11.8. The predicted molar refractivity (Wildman–Crippen MR) is 113 cm³/mol. The first-order valence-electron chi connectivity index (χ1n) is 8.62. The molecular weight excluding hydrogens is 371 g/mol. The second kappa shape index (κ2) is 14.7. The Morgan fingerprint density at radius 2 is 1.65 bits per heavy atom. The molecular formula is C20H30Cl2N2O2. The molecule has 4 nitrogen and oxygen atoms in total. The minimum Gasteiger partial charge on any atom is -0.490 e. The molecule has 0 aliphatic heterocycles. The summed E-state index contributed by atoms with van der Waals surface area (Å²) in [6.07, 6.45) is 1.10. The summed E-state index contributed by atoms with van der Waals surface area (Å²) in [5.74, 6) is 1.65. The quantitative estimate of drug-likeness (QED) is 0.554. The molecule has 0 spiro atoms. The van der Waals surface area contributed by atoms with Crippen molar-refractivity contribution in [1.82, 2.24) is 10.6 Å². The highest BCUT2D eigenvalue weighted by molar-refractivity contribution is 5.85. The number of hydrogen-bond donors (Lipinski definition) is 2. The van der Waals surface area contributed by atoms with Crippen LogP contribution in [0.4, 0.5) is 0 Å². The number of benzene rings is 2. The molecule has 6 heteroatoms. The molecule has 0 amide bonds. The topological polar surface area (TPSA) is 42.5 Å². The van der Waals surface area contributed by atoms with E-state index >= 15 is 0 Å². The molecule has 2 N–H and O–H groups in total. The van der Waals surface area contributed by atoms with Crippen LogP contribution in [-0.4, -0.2) is 26.7 Å². The van der Waals surface area contributed by atoms with Gasteiger partial charge in [-0.25, -0.2) is 0 Å². The van der Waals surface area contributed by atoms with E-state index in [1.54, 1.807) is 0 Å². The van der Waals surface area contributed by atoms with Crippen molar-refractivity contribution in [3.05, 3.63) is 59.7 Å². The normalized spacial score (nSPS) is 9.77. The van der Waals surface area contributed by atoms with Crippen molar-refractivity contribution in [2.24, 2.45) is 0 Å². The molecule has 0 fully saturated rings. The fourth-order valence-electron chi connectivity index (χ4n) is 2.48. The standard InChI is InChI=1S/C20H28N2O2.2ClH/c1-3-23-19-12-7-11-18(15-22-14-8-13-21-2)20(19)24-16-17-9-5-4-6-10-17;;/h4-7,9-12,21-22H,3,8,13-16H2,1-2H3;2*1H. The highest BCUT2D eigenvalue weighted by atomic mass is 35.5. The van der Waals surface area contributed by atoms with Crippen molar-refractivity contribution in [1.29, 1.82) is 0 Å². The van der Waals surface area contributed by atoms with Crippen LogP contribution in [0.3, 0.4) is 0 Å². The molecule has 2 aromatic carbocycles. The van der Waals surface area contributed by atoms with Gasteiger partial charge in [-0.1, -0.05) is 42.5 Å². The van der Waals surface area contributed by atoms with Gasteiger partial charge in [-0.15, -0.1) is 24.8 Å². The van der Waals surface area contributed by atoms with Gasteiger partial charge in [0.15, 0.2) is 11.5 Å². The molecule has 0 unspecified atom stereocenters. The Morgan fingerprint density at radius 1 is 0.885 bits per heavy atom. The molecule has 0 aromatic heterocycles. The lowest BCUT2D eigenvalue weighted by Crippen LogP contribution is -2.20. The van der Waals surface area contributed by atoms with Crippen LogP contribution in [0.25, 0.3) is 0 Å². The van der Waals surface area contributed by atoms with Crippen LogP contribution in [0.15, 0.2) is 48.5 Å². The summed E-state index contributed by atoms with van der Waals surface area (Å²) in [4.78, 5) is 0. The summed E-state index contributed by atoms with van der Waals surface area (Å²) in [5, 5.41) is 6.63. The van der Waals surface area contributed by atoms with E-state index in [2.05, 4.69) is 28.8 Å². The lowest BCUT2D eigenvalue weighted by atomic mass is 10.1. The van der Waals surface area contributed by atoms with E-state index in [4.69, 9.17) is 9.47 Å². The maximum atomic E-state index is 6.11. The largest absolute Gasteiger partial charge is 0.490 e. The second-order valence-electron chi connectivity index (χ2n) is 5.59. The minimum atomic E-state index is 0. The summed E-state index contributed by atoms with van der Waals surface area (Å²) in [6.45, 7) is 5.91. The van der Waals surface area contributed by atoms with Gasteiger partial charge in [0.05, 0.1) is 6.61 Å². The van der Waals surface area contributed by atoms with Crippen molar-refractivity contribution >= 4 is 24.8 Å². The number of rotatable bonds is 11. The smallest absolute Gasteiger partial charge is 0.166 e. The molecule has 146 valence electrons. The molecule has 0 saturated heterocycles. The predicted octanol–water partition coefficient (Wildman–Crippen LogP) is 4.21. The van der Waals surface area contributed by atoms with Crippen LogP contribution in [-0.2, 0) is 13.2 Å². The summed E-state index contributed by atoms with van der Waals surface area (Å²) in [5.41, 5.74) is 2.28. The fraction of sp³-hybridized carbons (Fsp3) is 0.400. The van der Waals surface area contributed by atoms with Gasteiger partial charge in [0.1, 0.15) is 6.61 Å². The van der Waals surface area contributed by atoms with Crippen LogP contribution in [0.1, 0.15) is 24.5 Å². The molecule has 0 bridgehead atoms. The lowest BCUT2D eigenvalue weighted by molar-refractivity contribution is 0.266. The van der Waals surface area contributed by atoms with Gasteiger partial charge >= 0.3 is 0 Å². The Labute approximate surface area is 169 Å². The summed E-state index contributed by atoms with van der Waals surface area (Å²) < 4.78 is 11.9. The van der Waals surface area contributed by atoms with Crippen molar-refractivity contribution < 1.29 is 9.47 Å². The third-order valence-electron chi connectivity index (χ3n) is 3.68. The first kappa shape index (κ1) is 24.5. The Hall–Kier alpha value is -1.46. The monoisotopic (exact) mass is 400 g/mol. The number of para-hydroxylation sites is 1. The van der Waals surface area contributed by atoms with E-state index in [9.17, 15) is 0 Å². The van der Waals surface area contributed by atoms with Gasteiger partial charge in [0.25, 0.3) is 0 Å². The molecule has 0 radical (unpaired) electrons. The van der Waals surface area contributed by atoms with Crippen LogP contribution < -0.4 is 20.1 Å². The third kappa shape index (κ3) is 8.28.